The summed E-state index contributed by atoms with van der Waals surface area (Å²) in [5.41, 5.74) is 2.98. The standard InChI is InChI=1S/C14H16N4O/c1-11-14(12-5-6-13(19-2)16-9-12)17-10-18(11)8-4-3-7-15/h5-6,9-10H,3-4,8H2,1-2H3. The molecule has 0 N–H and O–H groups in total. The molecule has 0 unspecified atom stereocenters. The maximum atomic E-state index is 8.55. The second-order valence-corrected chi connectivity index (χ2v) is 4.22. The largest absolute Gasteiger partial charge is 0.481 e. The Balaban J connectivity index is 2.18. The Kier molecular flexibility index (Phi) is 4.14. The van der Waals surface area contributed by atoms with Gasteiger partial charge >= 0.3 is 0 Å². The highest BCUT2D eigenvalue weighted by molar-refractivity contribution is 5.60. The van der Waals surface area contributed by atoms with Gasteiger partial charge in [0, 0.05) is 36.5 Å². The van der Waals surface area contributed by atoms with Crippen LogP contribution in [0.25, 0.3) is 11.3 Å². The molecule has 0 aliphatic heterocycles. The molecule has 0 bridgehead atoms. The average molecular weight is 256 g/mol. The number of nitrogens with zero attached hydrogens (tertiary/aromatic N) is 4. The molecule has 0 radical (unpaired) electrons. The van der Waals surface area contributed by atoms with Crippen LogP contribution in [0.1, 0.15) is 18.5 Å². The molecule has 0 aromatic carbocycles. The van der Waals surface area contributed by atoms with Crippen molar-refractivity contribution < 1.29 is 4.74 Å². The van der Waals surface area contributed by atoms with E-state index in [4.69, 9.17) is 10.00 Å². The lowest BCUT2D eigenvalue weighted by Crippen LogP contribution is -1.98. The Morgan fingerprint density at radius 1 is 1.37 bits per heavy atom. The van der Waals surface area contributed by atoms with Crippen LogP contribution in [0.3, 0.4) is 0 Å². The van der Waals surface area contributed by atoms with Crippen molar-refractivity contribution in [1.82, 2.24) is 14.5 Å². The van der Waals surface area contributed by atoms with Gasteiger partial charge in [-0.3, -0.25) is 0 Å². The van der Waals surface area contributed by atoms with Crippen LogP contribution >= 0.6 is 0 Å². The number of aromatic nitrogens is 3. The van der Waals surface area contributed by atoms with E-state index in [9.17, 15) is 0 Å². The number of imidazole rings is 1. The second kappa shape index (κ2) is 6.01. The van der Waals surface area contributed by atoms with Crippen LogP contribution in [-0.4, -0.2) is 21.6 Å². The Bertz CT molecular complexity index is 580. The fourth-order valence-electron chi connectivity index (χ4n) is 1.92. The minimum absolute atomic E-state index is 0.567. The lowest BCUT2D eigenvalue weighted by molar-refractivity contribution is 0.398. The number of ether oxygens (including phenoxy) is 1. The van der Waals surface area contributed by atoms with Gasteiger partial charge in [-0.25, -0.2) is 9.97 Å². The molecule has 0 fully saturated rings. The van der Waals surface area contributed by atoms with Crippen LogP contribution in [0, 0.1) is 18.3 Å². The van der Waals surface area contributed by atoms with Crippen molar-refractivity contribution in [2.75, 3.05) is 7.11 Å². The third-order valence-electron chi connectivity index (χ3n) is 3.01. The van der Waals surface area contributed by atoms with Gasteiger partial charge in [-0.1, -0.05) is 0 Å². The molecule has 19 heavy (non-hydrogen) atoms. The predicted molar refractivity (Wildman–Crippen MR) is 71.6 cm³/mol. The quantitative estimate of drug-likeness (QED) is 0.771. The minimum atomic E-state index is 0.567. The highest BCUT2D eigenvalue weighted by atomic mass is 16.5. The number of pyridine rings is 1. The summed E-state index contributed by atoms with van der Waals surface area (Å²) in [6, 6.07) is 5.92. The van der Waals surface area contributed by atoms with Gasteiger partial charge in [0.05, 0.1) is 25.2 Å². The summed E-state index contributed by atoms with van der Waals surface area (Å²) >= 11 is 0. The smallest absolute Gasteiger partial charge is 0.212 e. The molecule has 5 nitrogen and oxygen atoms in total. The van der Waals surface area contributed by atoms with Gasteiger partial charge < -0.3 is 9.30 Å². The van der Waals surface area contributed by atoms with Crippen molar-refractivity contribution >= 4 is 0 Å². The Labute approximate surface area is 112 Å². The van der Waals surface area contributed by atoms with Crippen molar-refractivity contribution in [3.05, 3.63) is 30.4 Å². The lowest BCUT2D eigenvalue weighted by Gasteiger charge is -2.05. The highest BCUT2D eigenvalue weighted by Crippen LogP contribution is 2.22. The Morgan fingerprint density at radius 2 is 2.21 bits per heavy atom. The van der Waals surface area contributed by atoms with Crippen LogP contribution in [0.5, 0.6) is 5.88 Å². The van der Waals surface area contributed by atoms with Crippen LogP contribution < -0.4 is 4.74 Å². The molecule has 98 valence electrons. The van der Waals surface area contributed by atoms with Gasteiger partial charge in [-0.2, -0.15) is 5.26 Å². The number of aryl methyl sites for hydroxylation is 1. The number of rotatable bonds is 5. The number of hydrogen-bond acceptors (Lipinski definition) is 4. The predicted octanol–water partition coefficient (Wildman–Crippen LogP) is 2.57. The fraction of sp³-hybridized carbons (Fsp3) is 0.357. The van der Waals surface area contributed by atoms with Crippen molar-refractivity contribution in [2.24, 2.45) is 0 Å². The van der Waals surface area contributed by atoms with E-state index < -0.39 is 0 Å². The number of nitriles is 1. The maximum absolute atomic E-state index is 8.55. The molecule has 0 aliphatic carbocycles. The van der Waals surface area contributed by atoms with E-state index in [1.807, 2.05) is 25.4 Å². The zero-order chi connectivity index (χ0) is 13.7. The minimum Gasteiger partial charge on any atom is -0.481 e. The van der Waals surface area contributed by atoms with E-state index in [0.29, 0.717) is 12.3 Å². The first kappa shape index (κ1) is 13.1. The average Bonchev–Trinajstić information content (AvgIpc) is 2.81. The molecule has 0 aliphatic rings. The SMILES string of the molecule is COc1ccc(-c2ncn(CCCC#N)c2C)cn1. The summed E-state index contributed by atoms with van der Waals surface area (Å²) in [4.78, 5) is 8.60. The van der Waals surface area contributed by atoms with Gasteiger partial charge in [0.25, 0.3) is 0 Å². The molecule has 2 rings (SSSR count). The third-order valence-corrected chi connectivity index (χ3v) is 3.01. The first-order valence-corrected chi connectivity index (χ1v) is 6.15. The van der Waals surface area contributed by atoms with Crippen molar-refractivity contribution in [3.63, 3.8) is 0 Å². The molecule has 2 aromatic rings. The number of unbranched alkanes of at least 4 members (excludes halogenated alkanes) is 1. The van der Waals surface area contributed by atoms with Gasteiger partial charge in [-0.15, -0.1) is 0 Å². The molecule has 2 aromatic heterocycles. The van der Waals surface area contributed by atoms with Gasteiger partial charge in [-0.05, 0) is 19.4 Å². The molecule has 2 heterocycles. The van der Waals surface area contributed by atoms with Crippen molar-refractivity contribution in [2.45, 2.75) is 26.3 Å². The first-order chi connectivity index (χ1) is 9.26. The molecule has 0 saturated carbocycles. The van der Waals surface area contributed by atoms with Gasteiger partial charge in [0.2, 0.25) is 5.88 Å². The van der Waals surface area contributed by atoms with Gasteiger partial charge in [0.1, 0.15) is 0 Å². The van der Waals surface area contributed by atoms with E-state index in [2.05, 4.69) is 20.6 Å². The van der Waals surface area contributed by atoms with Crippen LogP contribution in [0.15, 0.2) is 24.7 Å². The van der Waals surface area contributed by atoms with Crippen molar-refractivity contribution in [1.29, 1.82) is 5.26 Å². The zero-order valence-electron chi connectivity index (χ0n) is 11.1. The summed E-state index contributed by atoms with van der Waals surface area (Å²) in [6.07, 6.45) is 4.98. The van der Waals surface area contributed by atoms with Crippen LogP contribution in [-0.2, 0) is 6.54 Å². The molecule has 0 saturated heterocycles. The van der Waals surface area contributed by atoms with Crippen LogP contribution in [0.2, 0.25) is 0 Å². The monoisotopic (exact) mass is 256 g/mol. The number of methoxy groups -OCH3 is 1. The molecular weight excluding hydrogens is 240 g/mol. The lowest BCUT2D eigenvalue weighted by atomic mass is 10.2. The van der Waals surface area contributed by atoms with Crippen molar-refractivity contribution in [3.8, 4) is 23.2 Å². The highest BCUT2D eigenvalue weighted by Gasteiger charge is 2.09. The number of hydrogen-bond donors (Lipinski definition) is 0. The van der Waals surface area contributed by atoms with E-state index in [0.717, 1.165) is 29.9 Å². The summed E-state index contributed by atoms with van der Waals surface area (Å²) in [7, 11) is 1.59. The van der Waals surface area contributed by atoms with Crippen LogP contribution in [0.4, 0.5) is 0 Å². The summed E-state index contributed by atoms with van der Waals surface area (Å²) in [6.45, 7) is 2.84. The summed E-state index contributed by atoms with van der Waals surface area (Å²) in [5.74, 6) is 0.592. The summed E-state index contributed by atoms with van der Waals surface area (Å²) in [5, 5.41) is 8.55. The Hall–Kier alpha value is -2.35. The first-order valence-electron chi connectivity index (χ1n) is 6.15. The fourth-order valence-corrected chi connectivity index (χ4v) is 1.92. The maximum Gasteiger partial charge on any atom is 0.212 e. The van der Waals surface area contributed by atoms with E-state index in [1.165, 1.54) is 0 Å². The zero-order valence-corrected chi connectivity index (χ0v) is 11.1. The molecule has 5 heteroatoms. The topological polar surface area (TPSA) is 63.7 Å². The molecular formula is C14H16N4O. The molecule has 0 atom stereocenters. The second-order valence-electron chi connectivity index (χ2n) is 4.22. The molecule has 0 spiro atoms. The Morgan fingerprint density at radius 3 is 2.84 bits per heavy atom. The third kappa shape index (κ3) is 2.91. The normalized spacial score (nSPS) is 10.2. The summed E-state index contributed by atoms with van der Waals surface area (Å²) < 4.78 is 7.10. The van der Waals surface area contributed by atoms with E-state index >= 15 is 0 Å². The van der Waals surface area contributed by atoms with Gasteiger partial charge in [0.15, 0.2) is 0 Å². The molecule has 0 amide bonds. The van der Waals surface area contributed by atoms with E-state index in [-0.39, 0.29) is 0 Å². The van der Waals surface area contributed by atoms with E-state index in [1.54, 1.807) is 13.3 Å².